The Morgan fingerprint density at radius 2 is 1.82 bits per heavy atom. The summed E-state index contributed by atoms with van der Waals surface area (Å²) in [6.07, 6.45) is 3.61. The van der Waals surface area contributed by atoms with Gasteiger partial charge in [-0.15, -0.1) is 0 Å². The number of aryl methyl sites for hydroxylation is 2. The Labute approximate surface area is 140 Å². The highest BCUT2D eigenvalue weighted by Gasteiger charge is 2.05. The van der Waals surface area contributed by atoms with Crippen LogP contribution in [0, 0.1) is 13.8 Å². The lowest BCUT2D eigenvalue weighted by Crippen LogP contribution is -2.06. The first kappa shape index (κ1) is 16.7. The van der Waals surface area contributed by atoms with Crippen molar-refractivity contribution in [2.75, 3.05) is 17.2 Å². The molecular formula is C17H23BrN4. The highest BCUT2D eigenvalue weighted by molar-refractivity contribution is 9.10. The molecule has 2 aromatic rings. The SMILES string of the molecule is CCCCCNc1cc(Nc2ccc(C)cc2Br)nc(C)n1. The van der Waals surface area contributed by atoms with E-state index in [2.05, 4.69) is 62.5 Å². The van der Waals surface area contributed by atoms with E-state index < -0.39 is 0 Å². The predicted molar refractivity (Wildman–Crippen MR) is 96.9 cm³/mol. The lowest BCUT2D eigenvalue weighted by atomic mass is 10.2. The maximum atomic E-state index is 4.45. The Morgan fingerprint density at radius 1 is 1.05 bits per heavy atom. The Kier molecular flexibility index (Phi) is 6.19. The minimum atomic E-state index is 0.756. The summed E-state index contributed by atoms with van der Waals surface area (Å²) in [6, 6.07) is 8.15. The van der Waals surface area contributed by atoms with Crippen LogP contribution in [0.15, 0.2) is 28.7 Å². The van der Waals surface area contributed by atoms with Crippen LogP contribution in [-0.2, 0) is 0 Å². The molecule has 0 saturated heterocycles. The van der Waals surface area contributed by atoms with Gasteiger partial charge in [-0.2, -0.15) is 0 Å². The number of nitrogens with zero attached hydrogens (tertiary/aromatic N) is 2. The van der Waals surface area contributed by atoms with E-state index in [1.54, 1.807) is 0 Å². The molecule has 2 rings (SSSR count). The normalized spacial score (nSPS) is 10.5. The van der Waals surface area contributed by atoms with Crippen molar-refractivity contribution in [3.05, 3.63) is 40.1 Å². The molecule has 118 valence electrons. The van der Waals surface area contributed by atoms with E-state index in [0.29, 0.717) is 0 Å². The van der Waals surface area contributed by atoms with Crippen LogP contribution in [-0.4, -0.2) is 16.5 Å². The average molecular weight is 363 g/mol. The first-order valence-electron chi connectivity index (χ1n) is 7.71. The van der Waals surface area contributed by atoms with Crippen LogP contribution in [0.5, 0.6) is 0 Å². The summed E-state index contributed by atoms with van der Waals surface area (Å²) in [4.78, 5) is 8.89. The summed E-state index contributed by atoms with van der Waals surface area (Å²) in [6.45, 7) is 7.13. The zero-order valence-corrected chi connectivity index (χ0v) is 15.0. The zero-order chi connectivity index (χ0) is 15.9. The molecule has 0 spiro atoms. The van der Waals surface area contributed by atoms with Crippen molar-refractivity contribution in [2.24, 2.45) is 0 Å². The summed E-state index contributed by atoms with van der Waals surface area (Å²) >= 11 is 3.58. The van der Waals surface area contributed by atoms with Crippen molar-refractivity contribution >= 4 is 33.3 Å². The minimum absolute atomic E-state index is 0.756. The van der Waals surface area contributed by atoms with Crippen LogP contribution in [0.4, 0.5) is 17.3 Å². The van der Waals surface area contributed by atoms with Crippen LogP contribution in [0.2, 0.25) is 0 Å². The van der Waals surface area contributed by atoms with Crippen molar-refractivity contribution in [3.63, 3.8) is 0 Å². The molecule has 0 fully saturated rings. The van der Waals surface area contributed by atoms with Gasteiger partial charge in [0.05, 0.1) is 5.69 Å². The second kappa shape index (κ2) is 8.13. The summed E-state index contributed by atoms with van der Waals surface area (Å²) < 4.78 is 1.03. The van der Waals surface area contributed by atoms with Gasteiger partial charge in [-0.05, 0) is 53.9 Å². The standard InChI is InChI=1S/C17H23BrN4/c1-4-5-6-9-19-16-11-17(21-13(3)20-16)22-15-8-7-12(2)10-14(15)18/h7-8,10-11H,4-6,9H2,1-3H3,(H2,19,20,21,22). The van der Waals surface area contributed by atoms with E-state index in [1.165, 1.54) is 18.4 Å². The maximum absolute atomic E-state index is 4.45. The van der Waals surface area contributed by atoms with Gasteiger partial charge in [0, 0.05) is 17.1 Å². The molecule has 0 saturated carbocycles. The monoisotopic (exact) mass is 362 g/mol. The third-order valence-corrected chi connectivity index (χ3v) is 3.97. The van der Waals surface area contributed by atoms with Crippen molar-refractivity contribution in [1.29, 1.82) is 0 Å². The maximum Gasteiger partial charge on any atom is 0.136 e. The fourth-order valence-electron chi connectivity index (χ4n) is 2.17. The van der Waals surface area contributed by atoms with Crippen LogP contribution in [0.25, 0.3) is 0 Å². The molecule has 0 aliphatic heterocycles. The molecule has 0 bridgehead atoms. The smallest absolute Gasteiger partial charge is 0.136 e. The van der Waals surface area contributed by atoms with Gasteiger partial charge in [0.2, 0.25) is 0 Å². The Morgan fingerprint density at radius 3 is 2.55 bits per heavy atom. The molecule has 2 N–H and O–H groups in total. The Balaban J connectivity index is 2.08. The lowest BCUT2D eigenvalue weighted by Gasteiger charge is -2.11. The van der Waals surface area contributed by atoms with Crippen LogP contribution < -0.4 is 10.6 Å². The summed E-state index contributed by atoms with van der Waals surface area (Å²) in [5.74, 6) is 2.43. The van der Waals surface area contributed by atoms with Gasteiger partial charge < -0.3 is 10.6 Å². The fourth-order valence-corrected chi connectivity index (χ4v) is 2.77. The first-order chi connectivity index (χ1) is 10.6. The molecule has 0 amide bonds. The number of aromatic nitrogens is 2. The number of anilines is 3. The Hall–Kier alpha value is -1.62. The van der Waals surface area contributed by atoms with Crippen LogP contribution in [0.3, 0.4) is 0 Å². The van der Waals surface area contributed by atoms with Gasteiger partial charge in [0.15, 0.2) is 0 Å². The molecule has 1 heterocycles. The number of benzene rings is 1. The van der Waals surface area contributed by atoms with Crippen molar-refractivity contribution in [3.8, 4) is 0 Å². The highest BCUT2D eigenvalue weighted by atomic mass is 79.9. The molecular weight excluding hydrogens is 340 g/mol. The number of nitrogens with one attached hydrogen (secondary N) is 2. The number of unbranched alkanes of at least 4 members (excludes halogenated alkanes) is 2. The quantitative estimate of drug-likeness (QED) is 0.664. The Bertz CT molecular complexity index is 628. The van der Waals surface area contributed by atoms with Crippen molar-refractivity contribution in [1.82, 2.24) is 9.97 Å². The largest absolute Gasteiger partial charge is 0.370 e. The number of hydrogen-bond donors (Lipinski definition) is 2. The van der Waals surface area contributed by atoms with Crippen LogP contribution in [0.1, 0.15) is 37.6 Å². The molecule has 22 heavy (non-hydrogen) atoms. The van der Waals surface area contributed by atoms with Gasteiger partial charge in [-0.3, -0.25) is 0 Å². The third-order valence-electron chi connectivity index (χ3n) is 3.31. The minimum Gasteiger partial charge on any atom is -0.370 e. The number of hydrogen-bond acceptors (Lipinski definition) is 4. The highest BCUT2D eigenvalue weighted by Crippen LogP contribution is 2.26. The summed E-state index contributed by atoms with van der Waals surface area (Å²) in [7, 11) is 0. The van der Waals surface area contributed by atoms with E-state index in [9.17, 15) is 0 Å². The molecule has 4 nitrogen and oxygen atoms in total. The predicted octanol–water partition coefficient (Wildman–Crippen LogP) is 5.20. The van der Waals surface area contributed by atoms with Gasteiger partial charge in [-0.25, -0.2) is 9.97 Å². The second-order valence-corrected chi connectivity index (χ2v) is 6.28. The van der Waals surface area contributed by atoms with Gasteiger partial charge in [0.25, 0.3) is 0 Å². The third kappa shape index (κ3) is 4.98. The average Bonchev–Trinajstić information content (AvgIpc) is 2.46. The first-order valence-corrected chi connectivity index (χ1v) is 8.50. The number of halogens is 1. The molecule has 1 aromatic heterocycles. The van der Waals surface area contributed by atoms with Crippen molar-refractivity contribution < 1.29 is 0 Å². The van der Waals surface area contributed by atoms with E-state index in [-0.39, 0.29) is 0 Å². The summed E-state index contributed by atoms with van der Waals surface area (Å²) in [5, 5.41) is 6.71. The molecule has 0 unspecified atom stereocenters. The van der Waals surface area contributed by atoms with Gasteiger partial charge in [-0.1, -0.05) is 25.8 Å². The van der Waals surface area contributed by atoms with Crippen LogP contribution >= 0.6 is 15.9 Å². The number of rotatable bonds is 7. The van der Waals surface area contributed by atoms with Gasteiger partial charge >= 0.3 is 0 Å². The van der Waals surface area contributed by atoms with E-state index >= 15 is 0 Å². The molecule has 0 atom stereocenters. The van der Waals surface area contributed by atoms with Gasteiger partial charge in [0.1, 0.15) is 17.5 Å². The molecule has 0 aliphatic carbocycles. The van der Waals surface area contributed by atoms with E-state index in [4.69, 9.17) is 0 Å². The van der Waals surface area contributed by atoms with E-state index in [0.717, 1.165) is 40.6 Å². The zero-order valence-electron chi connectivity index (χ0n) is 13.4. The van der Waals surface area contributed by atoms with E-state index in [1.807, 2.05) is 19.1 Å². The topological polar surface area (TPSA) is 49.8 Å². The fraction of sp³-hybridized carbons (Fsp3) is 0.412. The lowest BCUT2D eigenvalue weighted by molar-refractivity contribution is 0.742. The molecule has 1 aromatic carbocycles. The molecule has 5 heteroatoms. The van der Waals surface area contributed by atoms with Crippen molar-refractivity contribution in [2.45, 2.75) is 40.0 Å². The summed E-state index contributed by atoms with van der Waals surface area (Å²) in [5.41, 5.74) is 2.22. The molecule has 0 radical (unpaired) electrons. The molecule has 0 aliphatic rings. The second-order valence-electron chi connectivity index (χ2n) is 5.43.